The van der Waals surface area contributed by atoms with Gasteiger partial charge in [-0.1, -0.05) is 0 Å². The number of amides is 2. The SMILES string of the molecule is Cc1nc(C)n(CCCNC(=O)N2CCCC(C(=O)c3nccn3C)C2)n1. The van der Waals surface area contributed by atoms with Gasteiger partial charge in [0.15, 0.2) is 5.82 Å². The molecule has 0 aromatic carbocycles. The van der Waals surface area contributed by atoms with Gasteiger partial charge in [0.2, 0.25) is 5.78 Å². The van der Waals surface area contributed by atoms with Gasteiger partial charge in [-0.3, -0.25) is 9.48 Å². The van der Waals surface area contributed by atoms with E-state index in [1.807, 2.05) is 25.6 Å². The van der Waals surface area contributed by atoms with Crippen LogP contribution in [0.25, 0.3) is 0 Å². The molecule has 1 N–H and O–H groups in total. The van der Waals surface area contributed by atoms with Crippen LogP contribution < -0.4 is 5.32 Å². The van der Waals surface area contributed by atoms with E-state index in [-0.39, 0.29) is 17.7 Å². The maximum absolute atomic E-state index is 12.6. The number of ketones is 1. The number of likely N-dealkylation sites (tertiary alicyclic amines) is 1. The van der Waals surface area contributed by atoms with Crippen molar-refractivity contribution in [1.82, 2.24) is 34.5 Å². The molecule has 9 heteroatoms. The van der Waals surface area contributed by atoms with Crippen LogP contribution in [0, 0.1) is 19.8 Å². The molecule has 0 spiro atoms. The number of piperidine rings is 1. The molecule has 3 heterocycles. The third kappa shape index (κ3) is 4.53. The number of nitrogens with zero attached hydrogens (tertiary/aromatic N) is 6. The summed E-state index contributed by atoms with van der Waals surface area (Å²) in [5.41, 5.74) is 0. The van der Waals surface area contributed by atoms with E-state index in [2.05, 4.69) is 20.4 Å². The average molecular weight is 373 g/mol. The van der Waals surface area contributed by atoms with Gasteiger partial charge in [-0.2, -0.15) is 5.10 Å². The maximum Gasteiger partial charge on any atom is 0.317 e. The number of carbonyl (C=O) groups excluding carboxylic acids is 2. The van der Waals surface area contributed by atoms with Crippen LogP contribution in [0.4, 0.5) is 4.79 Å². The van der Waals surface area contributed by atoms with Crippen LogP contribution in [0.3, 0.4) is 0 Å². The van der Waals surface area contributed by atoms with Crippen LogP contribution in [-0.2, 0) is 13.6 Å². The number of carbonyl (C=O) groups is 2. The summed E-state index contributed by atoms with van der Waals surface area (Å²) in [5.74, 6) is 1.92. The number of Topliss-reactive ketones (excluding diaryl/α,β-unsaturated/α-hetero) is 1. The lowest BCUT2D eigenvalue weighted by atomic mass is 9.93. The summed E-state index contributed by atoms with van der Waals surface area (Å²) in [5, 5.41) is 7.26. The minimum Gasteiger partial charge on any atom is -0.338 e. The first-order valence-electron chi connectivity index (χ1n) is 9.38. The molecule has 1 atom stereocenters. The molecule has 0 saturated carbocycles. The Kier molecular flexibility index (Phi) is 5.88. The van der Waals surface area contributed by atoms with Crippen molar-refractivity contribution in [3.8, 4) is 0 Å². The lowest BCUT2D eigenvalue weighted by Gasteiger charge is -2.31. The van der Waals surface area contributed by atoms with Crippen molar-refractivity contribution in [1.29, 1.82) is 0 Å². The van der Waals surface area contributed by atoms with E-state index >= 15 is 0 Å². The molecule has 0 bridgehead atoms. The Balaban J connectivity index is 1.46. The van der Waals surface area contributed by atoms with Crippen molar-refractivity contribution in [2.75, 3.05) is 19.6 Å². The summed E-state index contributed by atoms with van der Waals surface area (Å²) < 4.78 is 3.58. The molecule has 0 aliphatic carbocycles. The summed E-state index contributed by atoms with van der Waals surface area (Å²) in [6.07, 6.45) is 5.78. The third-order valence-corrected chi connectivity index (χ3v) is 4.91. The van der Waals surface area contributed by atoms with Gasteiger partial charge in [-0.05, 0) is 33.1 Å². The predicted octanol–water partition coefficient (Wildman–Crippen LogP) is 1.32. The van der Waals surface area contributed by atoms with Crippen LogP contribution in [0.1, 0.15) is 41.5 Å². The van der Waals surface area contributed by atoms with Gasteiger partial charge in [0, 0.05) is 51.5 Å². The molecule has 0 radical (unpaired) electrons. The molecular formula is C18H27N7O2. The standard InChI is InChI=1S/C18H27N7O2/c1-13-21-14(2)25(22-13)10-5-7-20-18(27)24-9-4-6-15(12-24)16(26)17-19-8-11-23(17)3/h8,11,15H,4-7,9-10,12H2,1-3H3,(H,20,27). The highest BCUT2D eigenvalue weighted by atomic mass is 16.2. The van der Waals surface area contributed by atoms with E-state index in [1.165, 1.54) is 0 Å². The number of nitrogens with one attached hydrogen (secondary N) is 1. The summed E-state index contributed by atoms with van der Waals surface area (Å²) in [6, 6.07) is -0.112. The molecular weight excluding hydrogens is 346 g/mol. The third-order valence-electron chi connectivity index (χ3n) is 4.91. The zero-order valence-corrected chi connectivity index (χ0v) is 16.2. The fourth-order valence-corrected chi connectivity index (χ4v) is 3.47. The Hall–Kier alpha value is -2.71. The van der Waals surface area contributed by atoms with Crippen LogP contribution in [0.2, 0.25) is 0 Å². The van der Waals surface area contributed by atoms with Crippen LogP contribution in [0.15, 0.2) is 12.4 Å². The first-order valence-corrected chi connectivity index (χ1v) is 9.38. The summed E-state index contributed by atoms with van der Waals surface area (Å²) in [7, 11) is 1.81. The molecule has 1 fully saturated rings. The molecule has 27 heavy (non-hydrogen) atoms. The monoisotopic (exact) mass is 373 g/mol. The summed E-state index contributed by atoms with van der Waals surface area (Å²) >= 11 is 0. The second-order valence-electron chi connectivity index (χ2n) is 7.03. The Morgan fingerprint density at radius 3 is 2.81 bits per heavy atom. The number of aromatic nitrogens is 5. The molecule has 2 aromatic rings. The van der Waals surface area contributed by atoms with Crippen LogP contribution >= 0.6 is 0 Å². The Labute approximate surface area is 158 Å². The van der Waals surface area contributed by atoms with E-state index in [0.29, 0.717) is 32.0 Å². The Morgan fingerprint density at radius 2 is 2.15 bits per heavy atom. The quantitative estimate of drug-likeness (QED) is 0.608. The largest absolute Gasteiger partial charge is 0.338 e. The second-order valence-corrected chi connectivity index (χ2v) is 7.03. The molecule has 1 aliphatic rings. The number of urea groups is 1. The Bertz CT molecular complexity index is 810. The molecule has 1 saturated heterocycles. The minimum absolute atomic E-state index is 0.0111. The fraction of sp³-hybridized carbons (Fsp3) is 0.611. The van der Waals surface area contributed by atoms with Gasteiger partial charge in [0.05, 0.1) is 0 Å². The minimum atomic E-state index is -0.189. The number of hydrogen-bond acceptors (Lipinski definition) is 5. The average Bonchev–Trinajstić information content (AvgIpc) is 3.22. The molecule has 2 aromatic heterocycles. The van der Waals surface area contributed by atoms with Gasteiger partial charge < -0.3 is 14.8 Å². The number of hydrogen-bond donors (Lipinski definition) is 1. The van der Waals surface area contributed by atoms with E-state index in [9.17, 15) is 9.59 Å². The van der Waals surface area contributed by atoms with Gasteiger partial charge in [-0.25, -0.2) is 14.8 Å². The Morgan fingerprint density at radius 1 is 1.33 bits per heavy atom. The van der Waals surface area contributed by atoms with Crippen molar-refractivity contribution < 1.29 is 9.59 Å². The highest BCUT2D eigenvalue weighted by Crippen LogP contribution is 2.20. The number of imidazole rings is 1. The molecule has 1 unspecified atom stereocenters. The topological polar surface area (TPSA) is 97.9 Å². The molecule has 3 rings (SSSR count). The molecule has 1 aliphatic heterocycles. The summed E-state index contributed by atoms with van der Waals surface area (Å²) in [6.45, 7) is 6.19. The zero-order chi connectivity index (χ0) is 19.4. The summed E-state index contributed by atoms with van der Waals surface area (Å²) in [4.78, 5) is 35.2. The molecule has 9 nitrogen and oxygen atoms in total. The van der Waals surface area contributed by atoms with Gasteiger partial charge in [-0.15, -0.1) is 0 Å². The lowest BCUT2D eigenvalue weighted by Crippen LogP contribution is -2.47. The van der Waals surface area contributed by atoms with Crippen molar-refractivity contribution in [2.24, 2.45) is 13.0 Å². The fourth-order valence-electron chi connectivity index (χ4n) is 3.47. The van der Waals surface area contributed by atoms with E-state index in [0.717, 1.165) is 30.9 Å². The molecule has 146 valence electrons. The smallest absolute Gasteiger partial charge is 0.317 e. The van der Waals surface area contributed by atoms with E-state index in [4.69, 9.17) is 0 Å². The highest BCUT2D eigenvalue weighted by molar-refractivity contribution is 5.95. The van der Waals surface area contributed by atoms with Crippen molar-refractivity contribution in [3.63, 3.8) is 0 Å². The first kappa shape index (κ1) is 19.1. The lowest BCUT2D eigenvalue weighted by molar-refractivity contribution is 0.0831. The number of aryl methyl sites for hydroxylation is 4. The van der Waals surface area contributed by atoms with Gasteiger partial charge in [0.1, 0.15) is 11.6 Å². The highest BCUT2D eigenvalue weighted by Gasteiger charge is 2.30. The van der Waals surface area contributed by atoms with E-state index < -0.39 is 0 Å². The van der Waals surface area contributed by atoms with Crippen molar-refractivity contribution >= 4 is 11.8 Å². The maximum atomic E-state index is 12.6. The van der Waals surface area contributed by atoms with Gasteiger partial charge >= 0.3 is 6.03 Å². The van der Waals surface area contributed by atoms with Gasteiger partial charge in [0.25, 0.3) is 0 Å². The first-order chi connectivity index (χ1) is 13.0. The van der Waals surface area contributed by atoms with Crippen molar-refractivity contribution in [2.45, 2.75) is 39.7 Å². The van der Waals surface area contributed by atoms with Crippen LogP contribution in [-0.4, -0.2) is 60.7 Å². The number of rotatable bonds is 6. The van der Waals surface area contributed by atoms with Crippen molar-refractivity contribution in [3.05, 3.63) is 29.9 Å². The van der Waals surface area contributed by atoms with E-state index in [1.54, 1.807) is 21.9 Å². The zero-order valence-electron chi connectivity index (χ0n) is 16.2. The second kappa shape index (κ2) is 8.32. The van der Waals surface area contributed by atoms with Crippen LogP contribution in [0.5, 0.6) is 0 Å². The molecule has 2 amide bonds. The predicted molar refractivity (Wildman–Crippen MR) is 99.3 cm³/mol. The normalized spacial score (nSPS) is 17.1.